The number of nitrogens with zero attached hydrogens (tertiary/aromatic N) is 2. The number of H-pyrrole nitrogens is 1. The van der Waals surface area contributed by atoms with E-state index in [4.69, 9.17) is 4.74 Å². The Balaban J connectivity index is 1.60. The lowest BCUT2D eigenvalue weighted by atomic mass is 9.89. The topological polar surface area (TPSA) is 70.2 Å². The molecule has 28 heavy (non-hydrogen) atoms. The summed E-state index contributed by atoms with van der Waals surface area (Å²) < 4.78 is 18.2. The van der Waals surface area contributed by atoms with Crippen LogP contribution in [0.4, 0.5) is 4.39 Å². The zero-order chi connectivity index (χ0) is 19.9. The fraction of sp³-hybridized carbons (Fsp3) is 0.524. The number of rotatable bonds is 8. The second-order valence-corrected chi connectivity index (χ2v) is 7.39. The van der Waals surface area contributed by atoms with Crippen molar-refractivity contribution in [3.63, 3.8) is 0 Å². The Labute approximate surface area is 165 Å². The van der Waals surface area contributed by atoms with Crippen molar-refractivity contribution in [2.45, 2.75) is 38.8 Å². The van der Waals surface area contributed by atoms with Crippen molar-refractivity contribution in [2.75, 3.05) is 26.8 Å². The number of carbonyl (C=O) groups is 1. The molecule has 2 aromatic rings. The Kier molecular flexibility index (Phi) is 7.17. The molecule has 1 aliphatic rings. The van der Waals surface area contributed by atoms with E-state index >= 15 is 0 Å². The van der Waals surface area contributed by atoms with E-state index in [0.29, 0.717) is 18.9 Å². The third kappa shape index (κ3) is 5.17. The number of methoxy groups -OCH3 is 1. The molecule has 1 amide bonds. The van der Waals surface area contributed by atoms with Crippen LogP contribution in [0.3, 0.4) is 0 Å². The Morgan fingerprint density at radius 3 is 2.89 bits per heavy atom. The van der Waals surface area contributed by atoms with Crippen LogP contribution in [-0.4, -0.2) is 53.9 Å². The van der Waals surface area contributed by atoms with E-state index in [0.717, 1.165) is 49.3 Å². The Bertz CT molecular complexity index is 762. The van der Waals surface area contributed by atoms with Gasteiger partial charge in [-0.1, -0.05) is 13.3 Å². The molecule has 1 fully saturated rings. The number of halogens is 1. The predicted molar refractivity (Wildman–Crippen MR) is 106 cm³/mol. The predicted octanol–water partition coefficient (Wildman–Crippen LogP) is 2.97. The van der Waals surface area contributed by atoms with Crippen molar-refractivity contribution >= 4 is 5.91 Å². The van der Waals surface area contributed by atoms with Crippen molar-refractivity contribution < 1.29 is 13.9 Å². The molecule has 3 rings (SSSR count). The molecule has 1 aromatic carbocycles. The fourth-order valence-corrected chi connectivity index (χ4v) is 3.87. The van der Waals surface area contributed by atoms with Crippen molar-refractivity contribution in [3.8, 4) is 11.3 Å². The van der Waals surface area contributed by atoms with Gasteiger partial charge in [-0.15, -0.1) is 0 Å². The first-order valence-electron chi connectivity index (χ1n) is 9.89. The van der Waals surface area contributed by atoms with Crippen LogP contribution in [0.1, 0.15) is 31.7 Å². The summed E-state index contributed by atoms with van der Waals surface area (Å²) in [6, 6.07) is 6.67. The van der Waals surface area contributed by atoms with E-state index in [2.05, 4.69) is 27.3 Å². The number of carbonyl (C=O) groups excluding carboxylic acids is 1. The molecule has 152 valence electrons. The third-order valence-corrected chi connectivity index (χ3v) is 5.47. The number of piperidine rings is 1. The van der Waals surface area contributed by atoms with E-state index in [1.165, 1.54) is 12.1 Å². The van der Waals surface area contributed by atoms with Gasteiger partial charge in [0.25, 0.3) is 0 Å². The van der Waals surface area contributed by atoms with Gasteiger partial charge in [-0.25, -0.2) is 4.39 Å². The van der Waals surface area contributed by atoms with Crippen LogP contribution in [0.15, 0.2) is 30.5 Å². The van der Waals surface area contributed by atoms with Crippen molar-refractivity contribution in [1.82, 2.24) is 20.4 Å². The number of benzene rings is 1. The summed E-state index contributed by atoms with van der Waals surface area (Å²) in [5, 5.41) is 10.4. The molecule has 0 saturated carbocycles. The summed E-state index contributed by atoms with van der Waals surface area (Å²) in [5.41, 5.74) is 2.97. The number of nitrogens with one attached hydrogen (secondary N) is 2. The molecular weight excluding hydrogens is 359 g/mol. The number of amides is 1. The van der Waals surface area contributed by atoms with Crippen LogP contribution < -0.4 is 5.32 Å². The van der Waals surface area contributed by atoms with Crippen LogP contribution in [0.25, 0.3) is 11.3 Å². The van der Waals surface area contributed by atoms with Gasteiger partial charge in [0.15, 0.2) is 0 Å². The molecule has 0 spiro atoms. The average Bonchev–Trinajstić information content (AvgIpc) is 3.16. The van der Waals surface area contributed by atoms with E-state index in [-0.39, 0.29) is 17.8 Å². The number of hydrogen-bond donors (Lipinski definition) is 2. The van der Waals surface area contributed by atoms with Crippen LogP contribution in [0, 0.1) is 11.7 Å². The zero-order valence-electron chi connectivity index (χ0n) is 16.6. The maximum atomic E-state index is 13.2. The first-order chi connectivity index (χ1) is 13.6. The largest absolute Gasteiger partial charge is 0.384 e. The molecule has 0 bridgehead atoms. The highest BCUT2D eigenvalue weighted by Crippen LogP contribution is 2.26. The maximum Gasteiger partial charge on any atom is 0.222 e. The minimum Gasteiger partial charge on any atom is -0.384 e. The second kappa shape index (κ2) is 9.80. The molecule has 1 saturated heterocycles. The van der Waals surface area contributed by atoms with Crippen LogP contribution in [-0.2, 0) is 16.1 Å². The Hall–Kier alpha value is -2.25. The van der Waals surface area contributed by atoms with Gasteiger partial charge in [-0.2, -0.15) is 5.10 Å². The quantitative estimate of drug-likeness (QED) is 0.729. The summed E-state index contributed by atoms with van der Waals surface area (Å²) in [5.74, 6) is 0.235. The van der Waals surface area contributed by atoms with Gasteiger partial charge in [-0.3, -0.25) is 14.8 Å². The summed E-state index contributed by atoms with van der Waals surface area (Å²) in [4.78, 5) is 14.5. The zero-order valence-corrected chi connectivity index (χ0v) is 16.6. The number of ether oxygens (including phenoxy) is 1. The molecule has 0 aliphatic carbocycles. The highest BCUT2D eigenvalue weighted by atomic mass is 19.1. The lowest BCUT2D eigenvalue weighted by Gasteiger charge is -2.38. The van der Waals surface area contributed by atoms with Crippen LogP contribution in [0.2, 0.25) is 0 Å². The second-order valence-electron chi connectivity index (χ2n) is 7.39. The lowest BCUT2D eigenvalue weighted by molar-refractivity contribution is -0.123. The minimum absolute atomic E-state index is 0.0622. The highest BCUT2D eigenvalue weighted by Gasteiger charge is 2.29. The van der Waals surface area contributed by atoms with Gasteiger partial charge in [0.1, 0.15) is 5.82 Å². The Morgan fingerprint density at radius 1 is 1.39 bits per heavy atom. The highest BCUT2D eigenvalue weighted by molar-refractivity contribution is 5.76. The number of aromatic amines is 1. The number of hydrogen-bond acceptors (Lipinski definition) is 4. The Morgan fingerprint density at radius 2 is 2.18 bits per heavy atom. The van der Waals surface area contributed by atoms with Gasteiger partial charge >= 0.3 is 0 Å². The molecule has 1 aliphatic heterocycles. The van der Waals surface area contributed by atoms with Gasteiger partial charge < -0.3 is 10.1 Å². The molecule has 1 aromatic heterocycles. The first kappa shape index (κ1) is 20.5. The van der Waals surface area contributed by atoms with E-state index in [1.54, 1.807) is 19.2 Å². The van der Waals surface area contributed by atoms with Gasteiger partial charge in [-0.05, 0) is 36.6 Å². The molecular formula is C21H29FN4O2. The fourth-order valence-electron chi connectivity index (χ4n) is 3.87. The monoisotopic (exact) mass is 388 g/mol. The average molecular weight is 388 g/mol. The molecule has 7 heteroatoms. The maximum absolute atomic E-state index is 13.2. The first-order valence-corrected chi connectivity index (χ1v) is 9.89. The van der Waals surface area contributed by atoms with Crippen LogP contribution in [0.5, 0.6) is 0 Å². The van der Waals surface area contributed by atoms with E-state index in [9.17, 15) is 9.18 Å². The van der Waals surface area contributed by atoms with Crippen molar-refractivity contribution in [3.05, 3.63) is 41.8 Å². The van der Waals surface area contributed by atoms with Gasteiger partial charge in [0, 0.05) is 50.3 Å². The molecule has 2 atom stereocenters. The molecule has 2 N–H and O–H groups in total. The van der Waals surface area contributed by atoms with Crippen molar-refractivity contribution in [1.29, 1.82) is 0 Å². The SMILES string of the molecule is CC[C@@H]1CN(Cc2cn[nH]c2-c2ccc(F)cc2)CC[C@@H]1NC(=O)CCOC. The molecule has 0 unspecified atom stereocenters. The van der Waals surface area contributed by atoms with Crippen molar-refractivity contribution in [2.24, 2.45) is 5.92 Å². The summed E-state index contributed by atoms with van der Waals surface area (Å²) in [6.45, 7) is 5.25. The number of aromatic nitrogens is 2. The number of likely N-dealkylation sites (tertiary alicyclic amines) is 1. The molecule has 0 radical (unpaired) electrons. The molecule has 2 heterocycles. The molecule has 6 nitrogen and oxygen atoms in total. The van der Waals surface area contributed by atoms with E-state index < -0.39 is 0 Å². The summed E-state index contributed by atoms with van der Waals surface area (Å²) in [6.07, 6.45) is 4.20. The lowest BCUT2D eigenvalue weighted by Crippen LogP contribution is -2.50. The van der Waals surface area contributed by atoms with Gasteiger partial charge in [0.2, 0.25) is 5.91 Å². The summed E-state index contributed by atoms with van der Waals surface area (Å²) in [7, 11) is 1.61. The third-order valence-electron chi connectivity index (χ3n) is 5.47. The minimum atomic E-state index is -0.245. The smallest absolute Gasteiger partial charge is 0.222 e. The standard InChI is InChI=1S/C21H29FN4O2/c1-3-15-13-26(10-8-19(15)24-20(27)9-11-28-2)14-17-12-23-25-21(17)16-4-6-18(22)7-5-16/h4-7,12,15,19H,3,8-11,13-14H2,1-2H3,(H,23,25)(H,24,27)/t15-,19+/m1/s1. The van der Waals surface area contributed by atoms with Crippen LogP contribution >= 0.6 is 0 Å². The summed E-state index contributed by atoms with van der Waals surface area (Å²) >= 11 is 0. The normalized spacial score (nSPS) is 20.2. The van der Waals surface area contributed by atoms with E-state index in [1.807, 2.05) is 6.20 Å². The van der Waals surface area contributed by atoms with Gasteiger partial charge in [0.05, 0.1) is 18.5 Å².